The van der Waals surface area contributed by atoms with E-state index in [1.165, 1.54) is 12.8 Å². The van der Waals surface area contributed by atoms with Crippen molar-refractivity contribution >= 4 is 17.2 Å². The van der Waals surface area contributed by atoms with Crippen molar-refractivity contribution in [1.82, 2.24) is 15.2 Å². The third kappa shape index (κ3) is 4.58. The number of nitrogens with one attached hydrogen (secondary N) is 1. The van der Waals surface area contributed by atoms with Gasteiger partial charge in [-0.15, -0.1) is 11.3 Å². The van der Waals surface area contributed by atoms with Crippen molar-refractivity contribution in [2.24, 2.45) is 0 Å². The van der Waals surface area contributed by atoms with Crippen LogP contribution in [-0.4, -0.2) is 42.5 Å². The van der Waals surface area contributed by atoms with Crippen LogP contribution >= 0.6 is 11.3 Å². The summed E-state index contributed by atoms with van der Waals surface area (Å²) < 4.78 is 5.54. The van der Waals surface area contributed by atoms with Gasteiger partial charge in [-0.3, -0.25) is 9.69 Å². The molecular weight excluding hydrogens is 334 g/mol. The minimum absolute atomic E-state index is 0.0180. The number of ether oxygens (including phenoxy) is 1. The molecule has 1 amide bonds. The van der Waals surface area contributed by atoms with Gasteiger partial charge in [-0.05, 0) is 38.9 Å². The van der Waals surface area contributed by atoms with Crippen LogP contribution < -0.4 is 10.1 Å². The minimum Gasteiger partial charge on any atom is -0.496 e. The van der Waals surface area contributed by atoms with Crippen molar-refractivity contribution in [2.75, 3.05) is 26.7 Å². The lowest BCUT2D eigenvalue weighted by Crippen LogP contribution is -2.37. The maximum absolute atomic E-state index is 12.3. The number of benzene rings is 1. The Labute approximate surface area is 153 Å². The number of carbonyl (C=O) groups excluding carboxylic acids is 1. The molecule has 6 heteroatoms. The summed E-state index contributed by atoms with van der Waals surface area (Å²) in [6.07, 6.45) is 2.75. The van der Waals surface area contributed by atoms with E-state index in [-0.39, 0.29) is 11.9 Å². The van der Waals surface area contributed by atoms with Crippen molar-refractivity contribution in [3.05, 3.63) is 45.9 Å². The number of amides is 1. The Balaban J connectivity index is 1.68. The topological polar surface area (TPSA) is 54.5 Å². The van der Waals surface area contributed by atoms with Gasteiger partial charge in [0.1, 0.15) is 5.75 Å². The molecule has 134 valence electrons. The van der Waals surface area contributed by atoms with Crippen molar-refractivity contribution in [1.29, 1.82) is 0 Å². The molecule has 5 nitrogen and oxygen atoms in total. The summed E-state index contributed by atoms with van der Waals surface area (Å²) in [6.45, 7) is 4.66. The first-order chi connectivity index (χ1) is 12.2. The second-order valence-corrected chi connectivity index (χ2v) is 7.40. The molecule has 1 fully saturated rings. The molecule has 2 heterocycles. The fourth-order valence-corrected chi connectivity index (χ4v) is 3.97. The van der Waals surface area contributed by atoms with Gasteiger partial charge in [-0.25, -0.2) is 4.98 Å². The number of thiazole rings is 1. The van der Waals surface area contributed by atoms with Crippen LogP contribution in [0, 0.1) is 6.92 Å². The van der Waals surface area contributed by atoms with E-state index in [0.29, 0.717) is 13.0 Å². The first kappa shape index (κ1) is 17.9. The minimum atomic E-state index is 0.0180. The number of aryl methyl sites for hydroxylation is 1. The third-order valence-corrected chi connectivity index (χ3v) is 5.40. The molecule has 1 aliphatic heterocycles. The van der Waals surface area contributed by atoms with E-state index < -0.39 is 0 Å². The Morgan fingerprint density at radius 1 is 1.36 bits per heavy atom. The summed E-state index contributed by atoms with van der Waals surface area (Å²) in [7, 11) is 1.70. The molecule has 0 spiro atoms. The highest BCUT2D eigenvalue weighted by Gasteiger charge is 2.26. The number of rotatable bonds is 7. The predicted molar refractivity (Wildman–Crippen MR) is 100 cm³/mol. The molecule has 1 atom stereocenters. The van der Waals surface area contributed by atoms with Gasteiger partial charge >= 0.3 is 0 Å². The van der Waals surface area contributed by atoms with Crippen molar-refractivity contribution < 1.29 is 9.53 Å². The van der Waals surface area contributed by atoms with Crippen LogP contribution in [0.5, 0.6) is 5.75 Å². The number of aromatic nitrogens is 1. The molecule has 1 aromatic carbocycles. The Kier molecular flexibility index (Phi) is 6.04. The molecule has 1 aromatic heterocycles. The summed E-state index contributed by atoms with van der Waals surface area (Å²) in [6, 6.07) is 8.23. The summed E-state index contributed by atoms with van der Waals surface area (Å²) in [4.78, 5) is 19.1. The zero-order valence-corrected chi connectivity index (χ0v) is 15.6. The maximum Gasteiger partial charge on any atom is 0.226 e. The van der Waals surface area contributed by atoms with Crippen LogP contribution in [0.25, 0.3) is 0 Å². The van der Waals surface area contributed by atoms with Crippen LogP contribution in [-0.2, 0) is 11.2 Å². The molecule has 25 heavy (non-hydrogen) atoms. The Morgan fingerprint density at radius 3 is 2.80 bits per heavy atom. The fourth-order valence-electron chi connectivity index (χ4n) is 3.36. The molecule has 0 radical (unpaired) electrons. The first-order valence-corrected chi connectivity index (χ1v) is 9.60. The Hall–Kier alpha value is -1.92. The molecule has 0 saturated carbocycles. The van der Waals surface area contributed by atoms with Gasteiger partial charge in [0.25, 0.3) is 0 Å². The molecular formula is C19H25N3O2S. The highest BCUT2D eigenvalue weighted by atomic mass is 32.1. The van der Waals surface area contributed by atoms with Gasteiger partial charge in [0.15, 0.2) is 0 Å². The lowest BCUT2D eigenvalue weighted by Gasteiger charge is -2.29. The predicted octanol–water partition coefficient (Wildman–Crippen LogP) is 2.96. The zero-order chi connectivity index (χ0) is 17.6. The van der Waals surface area contributed by atoms with Gasteiger partial charge < -0.3 is 10.1 Å². The van der Waals surface area contributed by atoms with Gasteiger partial charge in [0.2, 0.25) is 5.91 Å². The average molecular weight is 359 g/mol. The summed E-state index contributed by atoms with van der Waals surface area (Å²) in [5.74, 6) is 0.896. The number of hydrogen-bond acceptors (Lipinski definition) is 5. The highest BCUT2D eigenvalue weighted by molar-refractivity contribution is 7.09. The maximum atomic E-state index is 12.3. The Morgan fingerprint density at radius 2 is 2.12 bits per heavy atom. The van der Waals surface area contributed by atoms with E-state index in [9.17, 15) is 4.79 Å². The van der Waals surface area contributed by atoms with Gasteiger partial charge in [-0.1, -0.05) is 18.2 Å². The number of nitrogens with zero attached hydrogens (tertiary/aromatic N) is 2. The molecule has 1 unspecified atom stereocenters. The zero-order valence-electron chi connectivity index (χ0n) is 14.8. The SMILES string of the molecule is COc1ccccc1C(CNC(=O)Cc1csc(C)n1)N1CCCC1. The number of methoxy groups -OCH3 is 1. The molecule has 1 aliphatic rings. The van der Waals surface area contributed by atoms with E-state index >= 15 is 0 Å². The summed E-state index contributed by atoms with van der Waals surface area (Å²) >= 11 is 1.58. The fraction of sp³-hybridized carbons (Fsp3) is 0.474. The van der Waals surface area contributed by atoms with Crippen LogP contribution in [0.2, 0.25) is 0 Å². The summed E-state index contributed by atoms with van der Waals surface area (Å²) in [5, 5.41) is 6.04. The second-order valence-electron chi connectivity index (χ2n) is 6.34. The Bertz CT molecular complexity index is 710. The average Bonchev–Trinajstić information content (AvgIpc) is 3.28. The number of carbonyl (C=O) groups is 1. The van der Waals surface area contributed by atoms with Gasteiger partial charge in [-0.2, -0.15) is 0 Å². The van der Waals surface area contributed by atoms with Gasteiger partial charge in [0.05, 0.1) is 30.3 Å². The van der Waals surface area contributed by atoms with Crippen molar-refractivity contribution in [2.45, 2.75) is 32.2 Å². The monoisotopic (exact) mass is 359 g/mol. The lowest BCUT2D eigenvalue weighted by atomic mass is 10.0. The van der Waals surface area contributed by atoms with Crippen LogP contribution in [0.15, 0.2) is 29.6 Å². The van der Waals surface area contributed by atoms with Crippen molar-refractivity contribution in [3.8, 4) is 5.75 Å². The molecule has 0 bridgehead atoms. The van der Waals surface area contributed by atoms with Crippen LogP contribution in [0.4, 0.5) is 0 Å². The highest BCUT2D eigenvalue weighted by Crippen LogP contribution is 2.31. The van der Waals surface area contributed by atoms with E-state index in [2.05, 4.69) is 21.3 Å². The molecule has 1 N–H and O–H groups in total. The number of likely N-dealkylation sites (tertiary alicyclic amines) is 1. The number of hydrogen-bond donors (Lipinski definition) is 1. The second kappa shape index (κ2) is 8.45. The summed E-state index contributed by atoms with van der Waals surface area (Å²) in [5.41, 5.74) is 1.98. The normalized spacial score (nSPS) is 15.9. The van der Waals surface area contributed by atoms with Crippen LogP contribution in [0.1, 0.15) is 35.1 Å². The van der Waals surface area contributed by atoms with E-state index in [0.717, 1.165) is 35.1 Å². The van der Waals surface area contributed by atoms with Crippen molar-refractivity contribution in [3.63, 3.8) is 0 Å². The standard InChI is InChI=1S/C19H25N3O2S/c1-14-21-15(13-25-14)11-19(23)20-12-17(22-9-5-6-10-22)16-7-3-4-8-18(16)24-2/h3-4,7-8,13,17H,5-6,9-12H2,1-2H3,(H,20,23). The van der Waals surface area contributed by atoms with E-state index in [1.54, 1.807) is 18.4 Å². The molecule has 1 saturated heterocycles. The smallest absolute Gasteiger partial charge is 0.226 e. The third-order valence-electron chi connectivity index (χ3n) is 4.58. The van der Waals surface area contributed by atoms with E-state index in [4.69, 9.17) is 4.74 Å². The molecule has 2 aromatic rings. The molecule has 0 aliphatic carbocycles. The quantitative estimate of drug-likeness (QED) is 0.826. The van der Waals surface area contributed by atoms with Crippen LogP contribution in [0.3, 0.4) is 0 Å². The van der Waals surface area contributed by atoms with Gasteiger partial charge in [0, 0.05) is 17.5 Å². The first-order valence-electron chi connectivity index (χ1n) is 8.72. The largest absolute Gasteiger partial charge is 0.496 e. The molecule has 3 rings (SSSR count). The number of para-hydroxylation sites is 1. The lowest BCUT2D eigenvalue weighted by molar-refractivity contribution is -0.120. The van der Waals surface area contributed by atoms with E-state index in [1.807, 2.05) is 30.5 Å².